The Hall–Kier alpha value is -0.280. The molecule has 0 aliphatic carbocycles. The highest BCUT2D eigenvalue weighted by Gasteiger charge is 2.20. The van der Waals surface area contributed by atoms with E-state index in [2.05, 4.69) is 48.3 Å². The molecule has 2 rings (SSSR count). The zero-order valence-corrected chi connectivity index (χ0v) is 13.5. The van der Waals surface area contributed by atoms with Crippen LogP contribution < -0.4 is 5.32 Å². The van der Waals surface area contributed by atoms with E-state index in [0.717, 1.165) is 13.1 Å². The summed E-state index contributed by atoms with van der Waals surface area (Å²) in [5.74, 6) is 0. The standard InChI is InChI=1S/C15H24N2.2ClH/c1-3-4-15(17-11-9-16-10-12-17)14-7-5-13(2)6-8-14;;/h5-8,15-16H,3-4,9-12H2,1-2H3;2*1H/t15-;;/m0../s1. The van der Waals surface area contributed by atoms with Gasteiger partial charge in [0.05, 0.1) is 0 Å². The van der Waals surface area contributed by atoms with Crippen LogP contribution in [0.3, 0.4) is 0 Å². The first kappa shape index (κ1) is 18.7. The Balaban J connectivity index is 0.00000162. The Morgan fingerprint density at radius 1 is 1.11 bits per heavy atom. The third-order valence-corrected chi connectivity index (χ3v) is 3.62. The highest BCUT2D eigenvalue weighted by molar-refractivity contribution is 5.85. The Morgan fingerprint density at radius 2 is 1.68 bits per heavy atom. The predicted octanol–water partition coefficient (Wildman–Crippen LogP) is 3.59. The van der Waals surface area contributed by atoms with E-state index in [1.807, 2.05) is 0 Å². The van der Waals surface area contributed by atoms with Crippen molar-refractivity contribution >= 4 is 24.8 Å². The second-order valence-electron chi connectivity index (χ2n) is 5.00. The van der Waals surface area contributed by atoms with Gasteiger partial charge in [-0.2, -0.15) is 0 Å². The zero-order valence-electron chi connectivity index (χ0n) is 11.9. The summed E-state index contributed by atoms with van der Waals surface area (Å²) in [6.07, 6.45) is 2.52. The molecule has 1 N–H and O–H groups in total. The van der Waals surface area contributed by atoms with E-state index < -0.39 is 0 Å². The van der Waals surface area contributed by atoms with E-state index in [-0.39, 0.29) is 24.8 Å². The molecule has 1 aliphatic heterocycles. The number of nitrogens with zero attached hydrogens (tertiary/aromatic N) is 1. The van der Waals surface area contributed by atoms with Crippen LogP contribution in [0, 0.1) is 6.92 Å². The van der Waals surface area contributed by atoms with Crippen LogP contribution in [0.15, 0.2) is 24.3 Å². The molecule has 0 bridgehead atoms. The van der Waals surface area contributed by atoms with Crippen molar-refractivity contribution in [1.82, 2.24) is 10.2 Å². The first-order chi connectivity index (χ1) is 8.31. The predicted molar refractivity (Wildman–Crippen MR) is 87.8 cm³/mol. The molecule has 0 unspecified atom stereocenters. The molecule has 1 atom stereocenters. The van der Waals surface area contributed by atoms with Crippen molar-refractivity contribution in [3.63, 3.8) is 0 Å². The number of benzene rings is 1. The second-order valence-corrected chi connectivity index (χ2v) is 5.00. The third kappa shape index (κ3) is 5.31. The number of rotatable bonds is 4. The molecule has 1 aliphatic rings. The van der Waals surface area contributed by atoms with Gasteiger partial charge in [0.25, 0.3) is 0 Å². The molecule has 0 amide bonds. The van der Waals surface area contributed by atoms with Gasteiger partial charge in [-0.15, -0.1) is 24.8 Å². The van der Waals surface area contributed by atoms with Gasteiger partial charge in [0.1, 0.15) is 0 Å². The quantitative estimate of drug-likeness (QED) is 0.914. The van der Waals surface area contributed by atoms with E-state index in [0.29, 0.717) is 6.04 Å². The number of piperazine rings is 1. The van der Waals surface area contributed by atoms with Crippen molar-refractivity contribution in [2.75, 3.05) is 26.2 Å². The fourth-order valence-corrected chi connectivity index (χ4v) is 2.62. The van der Waals surface area contributed by atoms with Crippen molar-refractivity contribution in [3.05, 3.63) is 35.4 Å². The Bertz CT molecular complexity index is 335. The van der Waals surface area contributed by atoms with E-state index in [9.17, 15) is 0 Å². The van der Waals surface area contributed by atoms with Gasteiger partial charge in [-0.1, -0.05) is 43.2 Å². The summed E-state index contributed by atoms with van der Waals surface area (Å²) in [6.45, 7) is 9.06. The Kier molecular flexibility index (Phi) is 9.46. The molecular weight excluding hydrogens is 279 g/mol. The van der Waals surface area contributed by atoms with Gasteiger partial charge in [0.2, 0.25) is 0 Å². The smallest absolute Gasteiger partial charge is 0.0349 e. The van der Waals surface area contributed by atoms with Gasteiger partial charge in [-0.25, -0.2) is 0 Å². The lowest BCUT2D eigenvalue weighted by atomic mass is 9.99. The van der Waals surface area contributed by atoms with Crippen molar-refractivity contribution < 1.29 is 0 Å². The largest absolute Gasteiger partial charge is 0.314 e. The molecule has 0 spiro atoms. The minimum absolute atomic E-state index is 0. The van der Waals surface area contributed by atoms with Crippen molar-refractivity contribution in [2.45, 2.75) is 32.7 Å². The maximum absolute atomic E-state index is 3.43. The van der Waals surface area contributed by atoms with Crippen LogP contribution in [0.5, 0.6) is 0 Å². The van der Waals surface area contributed by atoms with E-state index in [4.69, 9.17) is 0 Å². The maximum atomic E-state index is 3.43. The lowest BCUT2D eigenvalue weighted by Crippen LogP contribution is -2.45. The van der Waals surface area contributed by atoms with E-state index >= 15 is 0 Å². The van der Waals surface area contributed by atoms with Crippen LogP contribution in [0.2, 0.25) is 0 Å². The van der Waals surface area contributed by atoms with E-state index in [1.54, 1.807) is 0 Å². The average molecular weight is 305 g/mol. The van der Waals surface area contributed by atoms with Gasteiger partial charge in [-0.05, 0) is 18.9 Å². The molecule has 2 nitrogen and oxygen atoms in total. The summed E-state index contributed by atoms with van der Waals surface area (Å²) >= 11 is 0. The van der Waals surface area contributed by atoms with Gasteiger partial charge >= 0.3 is 0 Å². The number of hydrogen-bond donors (Lipinski definition) is 1. The fraction of sp³-hybridized carbons (Fsp3) is 0.600. The van der Waals surface area contributed by atoms with Crippen molar-refractivity contribution in [3.8, 4) is 0 Å². The normalized spacial score (nSPS) is 17.2. The SMILES string of the molecule is CCC[C@@H](c1ccc(C)cc1)N1CCNCC1.Cl.Cl. The molecule has 0 radical (unpaired) electrons. The topological polar surface area (TPSA) is 15.3 Å². The number of halogens is 2. The summed E-state index contributed by atoms with van der Waals surface area (Å²) in [5.41, 5.74) is 2.84. The van der Waals surface area contributed by atoms with Crippen LogP contribution in [-0.4, -0.2) is 31.1 Å². The zero-order chi connectivity index (χ0) is 12.1. The number of nitrogens with one attached hydrogen (secondary N) is 1. The summed E-state index contributed by atoms with van der Waals surface area (Å²) in [7, 11) is 0. The summed E-state index contributed by atoms with van der Waals surface area (Å²) in [5, 5.41) is 3.43. The molecular formula is C15H26Cl2N2. The first-order valence-electron chi connectivity index (χ1n) is 6.82. The number of aryl methyl sites for hydroxylation is 1. The lowest BCUT2D eigenvalue weighted by molar-refractivity contribution is 0.164. The van der Waals surface area contributed by atoms with Crippen LogP contribution in [0.4, 0.5) is 0 Å². The molecule has 4 heteroatoms. The van der Waals surface area contributed by atoms with Crippen molar-refractivity contribution in [1.29, 1.82) is 0 Å². The first-order valence-corrected chi connectivity index (χ1v) is 6.82. The minimum Gasteiger partial charge on any atom is -0.314 e. The number of hydrogen-bond acceptors (Lipinski definition) is 2. The fourth-order valence-electron chi connectivity index (χ4n) is 2.62. The molecule has 1 saturated heterocycles. The molecule has 19 heavy (non-hydrogen) atoms. The average Bonchev–Trinajstić information content (AvgIpc) is 2.38. The summed E-state index contributed by atoms with van der Waals surface area (Å²) in [6, 6.07) is 9.69. The minimum atomic E-state index is 0. The molecule has 1 fully saturated rings. The van der Waals surface area contributed by atoms with Gasteiger partial charge in [0, 0.05) is 32.2 Å². The lowest BCUT2D eigenvalue weighted by Gasteiger charge is -2.35. The molecule has 1 heterocycles. The molecule has 1 aromatic rings. The maximum Gasteiger partial charge on any atom is 0.0349 e. The van der Waals surface area contributed by atoms with Gasteiger partial charge < -0.3 is 5.32 Å². The van der Waals surface area contributed by atoms with E-state index in [1.165, 1.54) is 37.1 Å². The second kappa shape index (κ2) is 9.60. The monoisotopic (exact) mass is 304 g/mol. The Morgan fingerprint density at radius 3 is 2.21 bits per heavy atom. The summed E-state index contributed by atoms with van der Waals surface area (Å²) < 4.78 is 0. The molecule has 110 valence electrons. The Labute approximate surface area is 129 Å². The summed E-state index contributed by atoms with van der Waals surface area (Å²) in [4.78, 5) is 2.63. The van der Waals surface area contributed by atoms with Crippen LogP contribution in [0.1, 0.15) is 36.9 Å². The molecule has 1 aromatic carbocycles. The molecule has 0 saturated carbocycles. The van der Waals surface area contributed by atoms with Crippen molar-refractivity contribution in [2.24, 2.45) is 0 Å². The molecule has 0 aromatic heterocycles. The third-order valence-electron chi connectivity index (χ3n) is 3.62. The van der Waals surface area contributed by atoms with Crippen LogP contribution in [0.25, 0.3) is 0 Å². The highest BCUT2D eigenvalue weighted by atomic mass is 35.5. The van der Waals surface area contributed by atoms with Gasteiger partial charge in [-0.3, -0.25) is 4.90 Å². The van der Waals surface area contributed by atoms with Gasteiger partial charge in [0.15, 0.2) is 0 Å². The highest BCUT2D eigenvalue weighted by Crippen LogP contribution is 2.26. The van der Waals surface area contributed by atoms with Crippen LogP contribution >= 0.6 is 24.8 Å². The van der Waals surface area contributed by atoms with Crippen LogP contribution in [-0.2, 0) is 0 Å².